The molecule has 6 nitrogen and oxygen atoms in total. The van der Waals surface area contributed by atoms with Crippen molar-refractivity contribution in [3.63, 3.8) is 0 Å². The topological polar surface area (TPSA) is 69.7 Å². The molecule has 0 bridgehead atoms. The summed E-state index contributed by atoms with van der Waals surface area (Å²) in [7, 11) is -3.31. The Morgan fingerprint density at radius 3 is 2.50 bits per heavy atom. The zero-order valence-electron chi connectivity index (χ0n) is 12.8. The summed E-state index contributed by atoms with van der Waals surface area (Å²) >= 11 is 0. The molecule has 1 rings (SSSR count). The lowest BCUT2D eigenvalue weighted by atomic mass is 10.0. The lowest BCUT2D eigenvalue weighted by Gasteiger charge is -2.32. The standard InChI is InChI=1S/C13H27N3O3S/c1-4-15(5-2)11-9-14-13(17)12-8-6-7-10-16(12)20(3,18)19/h12H,4-11H2,1-3H3,(H,14,17)/t12-/m0/s1. The smallest absolute Gasteiger partial charge is 0.238 e. The van der Waals surface area contributed by atoms with Gasteiger partial charge in [0.1, 0.15) is 6.04 Å². The average Bonchev–Trinajstić information content (AvgIpc) is 2.42. The molecule has 0 aromatic rings. The first-order chi connectivity index (χ1) is 9.40. The van der Waals surface area contributed by atoms with Crippen LogP contribution in [0.15, 0.2) is 0 Å². The van der Waals surface area contributed by atoms with Crippen LogP contribution in [0.3, 0.4) is 0 Å². The summed E-state index contributed by atoms with van der Waals surface area (Å²) < 4.78 is 24.8. The summed E-state index contributed by atoms with van der Waals surface area (Å²) in [6, 6.07) is -0.532. The molecule has 0 unspecified atom stereocenters. The van der Waals surface area contributed by atoms with Gasteiger partial charge in [-0.05, 0) is 25.9 Å². The number of hydrogen-bond donors (Lipinski definition) is 1. The van der Waals surface area contributed by atoms with Gasteiger partial charge in [0.2, 0.25) is 15.9 Å². The fourth-order valence-corrected chi connectivity index (χ4v) is 3.68. The van der Waals surface area contributed by atoms with E-state index in [9.17, 15) is 13.2 Å². The van der Waals surface area contributed by atoms with Gasteiger partial charge in [0, 0.05) is 19.6 Å². The first-order valence-corrected chi connectivity index (χ1v) is 9.21. The van der Waals surface area contributed by atoms with Gasteiger partial charge in [-0.2, -0.15) is 4.31 Å². The normalized spacial score (nSPS) is 21.1. The second kappa shape index (κ2) is 7.95. The lowest BCUT2D eigenvalue weighted by molar-refractivity contribution is -0.125. The Morgan fingerprint density at radius 1 is 1.30 bits per heavy atom. The van der Waals surface area contributed by atoms with E-state index in [-0.39, 0.29) is 5.91 Å². The Morgan fingerprint density at radius 2 is 1.95 bits per heavy atom. The van der Waals surface area contributed by atoms with Crippen LogP contribution in [0.4, 0.5) is 0 Å². The number of nitrogens with one attached hydrogen (secondary N) is 1. The fraction of sp³-hybridized carbons (Fsp3) is 0.923. The second-order valence-electron chi connectivity index (χ2n) is 5.20. The van der Waals surface area contributed by atoms with Crippen LogP contribution in [-0.2, 0) is 14.8 Å². The van der Waals surface area contributed by atoms with Crippen molar-refractivity contribution in [2.75, 3.05) is 39.0 Å². The van der Waals surface area contributed by atoms with Crippen LogP contribution < -0.4 is 5.32 Å². The molecule has 1 aliphatic rings. The number of carbonyl (C=O) groups is 1. The molecule has 1 heterocycles. The SMILES string of the molecule is CCN(CC)CCNC(=O)[C@@H]1CCCCN1S(C)(=O)=O. The Labute approximate surface area is 122 Å². The molecule has 0 aliphatic carbocycles. The highest BCUT2D eigenvalue weighted by Gasteiger charge is 2.34. The van der Waals surface area contributed by atoms with Gasteiger partial charge in [-0.15, -0.1) is 0 Å². The van der Waals surface area contributed by atoms with Gasteiger partial charge in [0.05, 0.1) is 6.26 Å². The number of carbonyl (C=O) groups excluding carboxylic acids is 1. The number of likely N-dealkylation sites (N-methyl/N-ethyl adjacent to an activating group) is 1. The molecule has 1 atom stereocenters. The number of hydrogen-bond acceptors (Lipinski definition) is 4. The van der Waals surface area contributed by atoms with E-state index in [4.69, 9.17) is 0 Å². The number of sulfonamides is 1. The molecule has 20 heavy (non-hydrogen) atoms. The minimum atomic E-state index is -3.31. The van der Waals surface area contributed by atoms with E-state index < -0.39 is 16.1 Å². The molecule has 7 heteroatoms. The molecule has 0 radical (unpaired) electrons. The van der Waals surface area contributed by atoms with Gasteiger partial charge in [0.25, 0.3) is 0 Å². The molecular weight excluding hydrogens is 278 g/mol. The van der Waals surface area contributed by atoms with Crippen LogP contribution >= 0.6 is 0 Å². The number of rotatable bonds is 7. The van der Waals surface area contributed by atoms with Gasteiger partial charge in [-0.1, -0.05) is 20.3 Å². The van der Waals surface area contributed by atoms with E-state index in [0.717, 1.165) is 32.5 Å². The third-order valence-electron chi connectivity index (χ3n) is 3.80. The Bertz CT molecular complexity index is 407. The quantitative estimate of drug-likeness (QED) is 0.732. The molecular formula is C13H27N3O3S. The van der Waals surface area contributed by atoms with E-state index in [1.54, 1.807) is 0 Å². The summed E-state index contributed by atoms with van der Waals surface area (Å²) in [5, 5.41) is 2.87. The zero-order valence-corrected chi connectivity index (χ0v) is 13.6. The Hall–Kier alpha value is -0.660. The average molecular weight is 305 g/mol. The van der Waals surface area contributed by atoms with Crippen molar-refractivity contribution in [3.05, 3.63) is 0 Å². The first kappa shape index (κ1) is 17.4. The minimum Gasteiger partial charge on any atom is -0.353 e. The van der Waals surface area contributed by atoms with Gasteiger partial charge < -0.3 is 10.2 Å². The number of nitrogens with zero attached hydrogens (tertiary/aromatic N) is 2. The summed E-state index contributed by atoms with van der Waals surface area (Å²) in [5.74, 6) is -0.165. The third kappa shape index (κ3) is 5.03. The summed E-state index contributed by atoms with van der Waals surface area (Å²) in [5.41, 5.74) is 0. The molecule has 0 aromatic carbocycles. The first-order valence-electron chi connectivity index (χ1n) is 7.37. The molecule has 1 aliphatic heterocycles. The summed E-state index contributed by atoms with van der Waals surface area (Å²) in [6.45, 7) is 7.87. The molecule has 118 valence electrons. The van der Waals surface area contributed by atoms with Crippen LogP contribution in [0.1, 0.15) is 33.1 Å². The van der Waals surface area contributed by atoms with Crippen LogP contribution in [0, 0.1) is 0 Å². The Kier molecular flexibility index (Phi) is 6.91. The van der Waals surface area contributed by atoms with E-state index in [1.165, 1.54) is 10.6 Å². The summed E-state index contributed by atoms with van der Waals surface area (Å²) in [6.07, 6.45) is 3.52. The number of amides is 1. The summed E-state index contributed by atoms with van der Waals surface area (Å²) in [4.78, 5) is 14.4. The van der Waals surface area contributed by atoms with Crippen LogP contribution in [0.2, 0.25) is 0 Å². The molecule has 1 amide bonds. The van der Waals surface area contributed by atoms with Gasteiger partial charge in [-0.25, -0.2) is 8.42 Å². The minimum absolute atomic E-state index is 0.165. The van der Waals surface area contributed by atoms with E-state index in [0.29, 0.717) is 19.5 Å². The molecule has 1 N–H and O–H groups in total. The lowest BCUT2D eigenvalue weighted by Crippen LogP contribution is -2.52. The maximum absolute atomic E-state index is 12.2. The van der Waals surface area contributed by atoms with Crippen molar-refractivity contribution in [1.29, 1.82) is 0 Å². The van der Waals surface area contributed by atoms with Crippen molar-refractivity contribution in [1.82, 2.24) is 14.5 Å². The predicted octanol–water partition coefficient (Wildman–Crippen LogP) is 0.259. The molecule has 0 spiro atoms. The predicted molar refractivity (Wildman–Crippen MR) is 80.0 cm³/mol. The van der Waals surface area contributed by atoms with Crippen molar-refractivity contribution >= 4 is 15.9 Å². The Balaban J connectivity index is 2.52. The monoisotopic (exact) mass is 305 g/mol. The highest BCUT2D eigenvalue weighted by atomic mass is 32.2. The van der Waals surface area contributed by atoms with Crippen LogP contribution in [0.5, 0.6) is 0 Å². The molecule has 0 saturated carbocycles. The molecule has 1 fully saturated rings. The molecule has 1 saturated heterocycles. The van der Waals surface area contributed by atoms with Crippen LogP contribution in [-0.4, -0.2) is 68.6 Å². The van der Waals surface area contributed by atoms with E-state index >= 15 is 0 Å². The van der Waals surface area contributed by atoms with Gasteiger partial charge in [-0.3, -0.25) is 4.79 Å². The van der Waals surface area contributed by atoms with Gasteiger partial charge in [0.15, 0.2) is 0 Å². The largest absolute Gasteiger partial charge is 0.353 e. The highest BCUT2D eigenvalue weighted by Crippen LogP contribution is 2.19. The van der Waals surface area contributed by atoms with Gasteiger partial charge >= 0.3 is 0 Å². The maximum Gasteiger partial charge on any atom is 0.238 e. The van der Waals surface area contributed by atoms with Crippen molar-refractivity contribution < 1.29 is 13.2 Å². The van der Waals surface area contributed by atoms with Crippen LogP contribution in [0.25, 0.3) is 0 Å². The van der Waals surface area contributed by atoms with E-state index in [2.05, 4.69) is 24.1 Å². The fourth-order valence-electron chi connectivity index (χ4n) is 2.56. The van der Waals surface area contributed by atoms with E-state index in [1.807, 2.05) is 0 Å². The van der Waals surface area contributed by atoms with Crippen molar-refractivity contribution in [3.8, 4) is 0 Å². The number of piperidine rings is 1. The molecule has 0 aromatic heterocycles. The van der Waals surface area contributed by atoms with Crippen molar-refractivity contribution in [2.24, 2.45) is 0 Å². The third-order valence-corrected chi connectivity index (χ3v) is 5.09. The van der Waals surface area contributed by atoms with Crippen molar-refractivity contribution in [2.45, 2.75) is 39.2 Å². The second-order valence-corrected chi connectivity index (χ2v) is 7.14. The maximum atomic E-state index is 12.2. The highest BCUT2D eigenvalue weighted by molar-refractivity contribution is 7.88. The zero-order chi connectivity index (χ0) is 15.2.